The number of ether oxygens (including phenoxy) is 1. The third-order valence-corrected chi connectivity index (χ3v) is 6.86. The van der Waals surface area contributed by atoms with E-state index in [0.29, 0.717) is 35.2 Å². The van der Waals surface area contributed by atoms with Crippen molar-refractivity contribution in [2.75, 3.05) is 4.90 Å². The molecule has 0 aliphatic carbocycles. The van der Waals surface area contributed by atoms with Gasteiger partial charge in [0.25, 0.3) is 0 Å². The Hall–Kier alpha value is -4.39. The van der Waals surface area contributed by atoms with E-state index in [4.69, 9.17) is 9.15 Å². The van der Waals surface area contributed by atoms with Gasteiger partial charge in [-0.2, -0.15) is 0 Å². The Kier molecular flexibility index (Phi) is 6.29. The largest absolute Gasteiger partial charge is 0.487 e. The van der Waals surface area contributed by atoms with E-state index in [1.165, 1.54) is 4.90 Å². The van der Waals surface area contributed by atoms with Crippen LogP contribution in [-0.2, 0) is 28.0 Å². The zero-order valence-corrected chi connectivity index (χ0v) is 21.0. The molecule has 5 rings (SSSR count). The van der Waals surface area contributed by atoms with E-state index in [1.807, 2.05) is 93.6 Å². The summed E-state index contributed by atoms with van der Waals surface area (Å²) in [5, 5.41) is 9.83. The number of hydrogen-bond acceptors (Lipinski definition) is 5. The van der Waals surface area contributed by atoms with Gasteiger partial charge in [0.15, 0.2) is 0 Å². The van der Waals surface area contributed by atoms with Gasteiger partial charge in [-0.3, -0.25) is 9.69 Å². The quantitative estimate of drug-likeness (QED) is 0.361. The van der Waals surface area contributed by atoms with E-state index >= 15 is 0 Å². The molecular weight excluding hydrogens is 468 g/mol. The first-order valence-electron chi connectivity index (χ1n) is 12.1. The molecule has 1 aromatic heterocycles. The van der Waals surface area contributed by atoms with E-state index in [-0.39, 0.29) is 12.5 Å². The monoisotopic (exact) mass is 496 g/mol. The first-order chi connectivity index (χ1) is 17.8. The second-order valence-corrected chi connectivity index (χ2v) is 9.69. The van der Waals surface area contributed by atoms with Crippen molar-refractivity contribution in [3.8, 4) is 17.2 Å². The number of rotatable bonds is 7. The molecule has 188 valence electrons. The Labute approximate surface area is 215 Å². The van der Waals surface area contributed by atoms with Crippen molar-refractivity contribution in [3.05, 3.63) is 101 Å². The summed E-state index contributed by atoms with van der Waals surface area (Å²) in [4.78, 5) is 31.8. The fraction of sp³-hybridized carbons (Fsp3) is 0.233. The number of para-hydroxylation sites is 1. The van der Waals surface area contributed by atoms with Crippen LogP contribution in [0.25, 0.3) is 11.5 Å². The summed E-state index contributed by atoms with van der Waals surface area (Å²) >= 11 is 0. The standard InChI is InChI=1S/C30H28N2O5/c1-19-24(31-27(37-19)20-10-5-4-6-11-20)18-36-23-14-9-13-22(17-23)30(2,3)29(35)32-25-15-8-7-12-21(25)16-26(32)28(33)34/h4-15,17,26H,16,18H2,1-3H3,(H,33,34)/t26-/m1/s1. The van der Waals surface area contributed by atoms with Crippen LogP contribution in [0, 0.1) is 6.92 Å². The lowest BCUT2D eigenvalue weighted by atomic mass is 9.82. The number of carbonyl (C=O) groups excluding carboxylic acids is 1. The van der Waals surface area contributed by atoms with Gasteiger partial charge in [-0.05, 0) is 62.2 Å². The summed E-state index contributed by atoms with van der Waals surface area (Å²) in [7, 11) is 0. The van der Waals surface area contributed by atoms with Crippen LogP contribution in [0.3, 0.4) is 0 Å². The van der Waals surface area contributed by atoms with Crippen LogP contribution in [0.5, 0.6) is 5.75 Å². The van der Waals surface area contributed by atoms with Gasteiger partial charge in [0.1, 0.15) is 29.9 Å². The molecule has 0 saturated heterocycles. The maximum absolute atomic E-state index is 13.8. The van der Waals surface area contributed by atoms with Crippen LogP contribution in [0.15, 0.2) is 83.3 Å². The number of carboxylic acids is 1. The number of carboxylic acid groups (broad SMARTS) is 1. The highest BCUT2D eigenvalue weighted by molar-refractivity contribution is 6.06. The number of aliphatic carboxylic acids is 1. The van der Waals surface area contributed by atoms with Crippen LogP contribution >= 0.6 is 0 Å². The van der Waals surface area contributed by atoms with Gasteiger partial charge in [-0.25, -0.2) is 9.78 Å². The highest BCUT2D eigenvalue weighted by atomic mass is 16.5. The number of fused-ring (bicyclic) bond motifs is 1. The predicted octanol–water partition coefficient (Wildman–Crippen LogP) is 5.55. The summed E-state index contributed by atoms with van der Waals surface area (Å²) in [6, 6.07) is 23.4. The van der Waals surface area contributed by atoms with Crippen molar-refractivity contribution >= 4 is 17.6 Å². The van der Waals surface area contributed by atoms with Crippen LogP contribution in [-0.4, -0.2) is 28.0 Å². The lowest BCUT2D eigenvalue weighted by Crippen LogP contribution is -2.50. The third-order valence-electron chi connectivity index (χ3n) is 6.86. The second-order valence-electron chi connectivity index (χ2n) is 9.69. The van der Waals surface area contributed by atoms with E-state index in [2.05, 4.69) is 4.98 Å². The molecule has 0 spiro atoms. The number of nitrogens with zero attached hydrogens (tertiary/aromatic N) is 2. The summed E-state index contributed by atoms with van der Waals surface area (Å²) in [6.45, 7) is 5.67. The molecule has 0 fully saturated rings. The van der Waals surface area contributed by atoms with E-state index in [0.717, 1.165) is 16.7 Å². The smallest absolute Gasteiger partial charge is 0.327 e. The molecular formula is C30H28N2O5. The Morgan fingerprint density at radius 3 is 2.54 bits per heavy atom. The topological polar surface area (TPSA) is 92.9 Å². The first-order valence-corrected chi connectivity index (χ1v) is 12.1. The molecule has 1 amide bonds. The van der Waals surface area contributed by atoms with E-state index in [9.17, 15) is 14.7 Å². The van der Waals surface area contributed by atoms with Gasteiger partial charge in [0.2, 0.25) is 11.8 Å². The second kappa shape index (κ2) is 9.58. The molecule has 4 aromatic rings. The number of aryl methyl sites for hydroxylation is 1. The number of amides is 1. The van der Waals surface area contributed by atoms with Crippen LogP contribution in [0.1, 0.15) is 36.4 Å². The number of hydrogen-bond donors (Lipinski definition) is 1. The average Bonchev–Trinajstić information content (AvgIpc) is 3.48. The average molecular weight is 497 g/mol. The van der Waals surface area contributed by atoms with Gasteiger partial charge in [-0.15, -0.1) is 0 Å². The van der Waals surface area contributed by atoms with Crippen molar-refractivity contribution < 1.29 is 23.8 Å². The minimum Gasteiger partial charge on any atom is -0.487 e. The molecule has 1 N–H and O–H groups in total. The molecule has 7 nitrogen and oxygen atoms in total. The van der Waals surface area contributed by atoms with Crippen LogP contribution in [0.4, 0.5) is 5.69 Å². The normalized spacial score (nSPS) is 14.9. The fourth-order valence-corrected chi connectivity index (χ4v) is 4.65. The molecule has 0 radical (unpaired) electrons. The molecule has 0 saturated carbocycles. The number of aromatic nitrogens is 1. The molecule has 1 aliphatic heterocycles. The SMILES string of the molecule is Cc1oc(-c2ccccc2)nc1COc1cccc(C(C)(C)C(=O)N2c3ccccc3C[C@@H]2C(=O)O)c1. The predicted molar refractivity (Wildman–Crippen MR) is 140 cm³/mol. The van der Waals surface area contributed by atoms with Gasteiger partial charge in [-0.1, -0.05) is 48.5 Å². The molecule has 7 heteroatoms. The van der Waals surface area contributed by atoms with Crippen LogP contribution < -0.4 is 9.64 Å². The molecule has 37 heavy (non-hydrogen) atoms. The van der Waals surface area contributed by atoms with Gasteiger partial charge in [0.05, 0.1) is 5.41 Å². The zero-order valence-electron chi connectivity index (χ0n) is 21.0. The van der Waals surface area contributed by atoms with Crippen molar-refractivity contribution in [1.29, 1.82) is 0 Å². The number of carbonyl (C=O) groups is 2. The molecule has 3 aromatic carbocycles. The van der Waals surface area contributed by atoms with Gasteiger partial charge < -0.3 is 14.3 Å². The first kappa shape index (κ1) is 24.3. The number of anilines is 1. The Morgan fingerprint density at radius 2 is 1.78 bits per heavy atom. The number of oxazole rings is 1. The third kappa shape index (κ3) is 4.60. The Balaban J connectivity index is 1.36. The highest BCUT2D eigenvalue weighted by Crippen LogP contribution is 2.37. The van der Waals surface area contributed by atoms with Crippen molar-refractivity contribution in [3.63, 3.8) is 0 Å². The molecule has 0 bridgehead atoms. The summed E-state index contributed by atoms with van der Waals surface area (Å²) < 4.78 is 11.9. The number of benzene rings is 3. The van der Waals surface area contributed by atoms with Gasteiger partial charge in [0, 0.05) is 17.7 Å². The Morgan fingerprint density at radius 1 is 1.05 bits per heavy atom. The minimum atomic E-state index is -1.02. The van der Waals surface area contributed by atoms with E-state index < -0.39 is 17.4 Å². The van der Waals surface area contributed by atoms with Gasteiger partial charge >= 0.3 is 5.97 Å². The minimum absolute atomic E-state index is 0.209. The lowest BCUT2D eigenvalue weighted by Gasteiger charge is -2.32. The maximum atomic E-state index is 13.8. The molecule has 2 heterocycles. The Bertz CT molecular complexity index is 1460. The summed E-state index contributed by atoms with van der Waals surface area (Å²) in [6.07, 6.45) is 0.290. The molecule has 1 atom stereocenters. The lowest BCUT2D eigenvalue weighted by molar-refractivity contribution is -0.140. The molecule has 1 aliphatic rings. The fourth-order valence-electron chi connectivity index (χ4n) is 4.65. The summed E-state index contributed by atoms with van der Waals surface area (Å²) in [5.41, 5.74) is 2.82. The van der Waals surface area contributed by atoms with Crippen molar-refractivity contribution in [1.82, 2.24) is 4.98 Å². The van der Waals surface area contributed by atoms with E-state index in [1.54, 1.807) is 6.07 Å². The molecule has 0 unspecified atom stereocenters. The highest BCUT2D eigenvalue weighted by Gasteiger charge is 2.44. The summed E-state index contributed by atoms with van der Waals surface area (Å²) in [5.74, 6) is 0.504. The zero-order chi connectivity index (χ0) is 26.2. The van der Waals surface area contributed by atoms with Crippen molar-refractivity contribution in [2.24, 2.45) is 0 Å². The maximum Gasteiger partial charge on any atom is 0.327 e. The van der Waals surface area contributed by atoms with Crippen LogP contribution in [0.2, 0.25) is 0 Å². The van der Waals surface area contributed by atoms with Crippen molar-refractivity contribution in [2.45, 2.75) is 45.3 Å².